The lowest BCUT2D eigenvalue weighted by molar-refractivity contribution is -0.119. The summed E-state index contributed by atoms with van der Waals surface area (Å²) in [6.45, 7) is 1.20. The Morgan fingerprint density at radius 1 is 0.955 bits per heavy atom. The predicted molar refractivity (Wildman–Crippen MR) is 167 cm³/mol. The van der Waals surface area contributed by atoms with Crippen LogP contribution in [0.5, 0.6) is 0 Å². The molecule has 4 aromatic rings. The van der Waals surface area contributed by atoms with E-state index in [1.165, 1.54) is 36.4 Å². The zero-order valence-electron chi connectivity index (χ0n) is 23.8. The Bertz CT molecular complexity index is 1840. The van der Waals surface area contributed by atoms with E-state index in [1.807, 2.05) is 30.3 Å². The molecule has 1 heterocycles. The molecule has 0 fully saturated rings. The van der Waals surface area contributed by atoms with E-state index in [9.17, 15) is 22.0 Å². The molecule has 0 saturated carbocycles. The van der Waals surface area contributed by atoms with Crippen LogP contribution in [-0.2, 0) is 14.8 Å². The number of allylic oxidation sites excluding steroid dienone is 2. The first-order valence-corrected chi connectivity index (χ1v) is 15.6. The van der Waals surface area contributed by atoms with Gasteiger partial charge in [-0.05, 0) is 96.6 Å². The van der Waals surface area contributed by atoms with E-state index in [0.29, 0.717) is 5.71 Å². The molecular weight excluding hydrogens is 582 g/mol. The van der Waals surface area contributed by atoms with Crippen molar-refractivity contribution in [3.05, 3.63) is 138 Å². The molecule has 0 unspecified atom stereocenters. The fraction of sp³-hybridized carbons (Fsp3) is 0.176. The smallest absolute Gasteiger partial charge is 0.264 e. The van der Waals surface area contributed by atoms with E-state index in [1.54, 1.807) is 25.1 Å². The van der Waals surface area contributed by atoms with Crippen LogP contribution in [0.2, 0.25) is 0 Å². The average molecular weight is 613 g/mol. The fourth-order valence-electron chi connectivity index (χ4n) is 5.84. The van der Waals surface area contributed by atoms with Gasteiger partial charge < -0.3 is 5.32 Å². The molecule has 44 heavy (non-hydrogen) atoms. The van der Waals surface area contributed by atoms with Crippen LogP contribution in [0.1, 0.15) is 42.0 Å². The van der Waals surface area contributed by atoms with Crippen LogP contribution < -0.4 is 15.0 Å². The molecule has 2 aliphatic rings. The van der Waals surface area contributed by atoms with Crippen molar-refractivity contribution in [2.24, 2.45) is 11.0 Å². The molecule has 0 aromatic heterocycles. The summed E-state index contributed by atoms with van der Waals surface area (Å²) in [4.78, 5) is 13.0. The maximum atomic E-state index is 13.6. The van der Waals surface area contributed by atoms with Crippen molar-refractivity contribution in [2.45, 2.75) is 30.2 Å². The molecule has 4 aromatic carbocycles. The number of benzene rings is 4. The van der Waals surface area contributed by atoms with Gasteiger partial charge in [0.25, 0.3) is 15.9 Å². The maximum Gasteiger partial charge on any atom is 0.264 e. The van der Waals surface area contributed by atoms with Gasteiger partial charge in [0.05, 0.1) is 22.3 Å². The van der Waals surface area contributed by atoms with Gasteiger partial charge in [0.15, 0.2) is 0 Å². The van der Waals surface area contributed by atoms with Gasteiger partial charge in [0.2, 0.25) is 0 Å². The van der Waals surface area contributed by atoms with E-state index >= 15 is 0 Å². The van der Waals surface area contributed by atoms with E-state index in [4.69, 9.17) is 0 Å². The van der Waals surface area contributed by atoms with Gasteiger partial charge in [-0.2, -0.15) is 5.10 Å². The van der Waals surface area contributed by atoms with Gasteiger partial charge in [-0.15, -0.1) is 0 Å². The number of hydrogen-bond acceptors (Lipinski definition) is 5. The van der Waals surface area contributed by atoms with Crippen LogP contribution in [0.4, 0.5) is 20.2 Å². The fourth-order valence-corrected chi connectivity index (χ4v) is 7.28. The van der Waals surface area contributed by atoms with Crippen LogP contribution in [-0.4, -0.2) is 26.6 Å². The lowest BCUT2D eigenvalue weighted by atomic mass is 9.76. The van der Waals surface area contributed by atoms with Crippen LogP contribution in [0, 0.1) is 17.6 Å². The minimum absolute atomic E-state index is 0.000379. The van der Waals surface area contributed by atoms with Crippen molar-refractivity contribution in [2.75, 3.05) is 16.2 Å². The normalized spacial score (nSPS) is 19.1. The third kappa shape index (κ3) is 5.85. The van der Waals surface area contributed by atoms with Crippen LogP contribution in [0.25, 0.3) is 0 Å². The Balaban J connectivity index is 1.21. The number of nitrogens with one attached hydrogen (secondary N) is 2. The summed E-state index contributed by atoms with van der Waals surface area (Å²) in [5.41, 5.74) is 7.09. The monoisotopic (exact) mass is 612 g/mol. The molecule has 0 spiro atoms. The van der Waals surface area contributed by atoms with Gasteiger partial charge in [-0.3, -0.25) is 9.10 Å². The number of hydrogen-bond donors (Lipinski definition) is 2. The minimum Gasteiger partial charge on any atom is -0.378 e. The predicted octanol–water partition coefficient (Wildman–Crippen LogP) is 6.53. The van der Waals surface area contributed by atoms with Crippen LogP contribution >= 0.6 is 0 Å². The number of carbonyl (C=O) groups excluding carboxylic acids is 1. The van der Waals surface area contributed by atoms with Crippen molar-refractivity contribution in [1.82, 2.24) is 5.43 Å². The second-order valence-electron chi connectivity index (χ2n) is 10.9. The standard InChI is InChI=1S/C34H30F2N4O3S/c1-22(24-12-19-32-31(20-24)29-8-5-9-30(29)34(37-32)23-10-13-25(35)14-11-23)38-39-33(41)21-40(27-17-15-26(36)16-18-27)44(42,43)28-6-3-2-4-7-28/h2-8,10-20,29-30,34,37H,9,21H2,1H3,(H,39,41)/t29-,30+,34-/m1/s1. The Morgan fingerprint density at radius 2 is 1.64 bits per heavy atom. The molecule has 1 aliphatic heterocycles. The number of halogens is 2. The summed E-state index contributed by atoms with van der Waals surface area (Å²) in [6, 6.07) is 25.2. The maximum absolute atomic E-state index is 13.6. The Kier molecular flexibility index (Phi) is 8.01. The van der Waals surface area contributed by atoms with E-state index in [2.05, 4.69) is 28.0 Å². The topological polar surface area (TPSA) is 90.9 Å². The molecule has 1 amide bonds. The number of amides is 1. The number of rotatable bonds is 8. The SMILES string of the molecule is CC(=NNC(=O)CN(c1ccc(F)cc1)S(=O)(=O)c1ccccc1)c1ccc2c(c1)[C@@H]1C=CC[C@@H]1[C@@H](c1ccc(F)cc1)N2. The zero-order valence-corrected chi connectivity index (χ0v) is 24.6. The number of fused-ring (bicyclic) bond motifs is 3. The lowest BCUT2D eigenvalue weighted by Crippen LogP contribution is -2.39. The van der Waals surface area contributed by atoms with Crippen molar-refractivity contribution in [3.8, 4) is 0 Å². The molecule has 0 radical (unpaired) electrons. The van der Waals surface area contributed by atoms with Crippen LogP contribution in [0.15, 0.2) is 119 Å². The molecule has 6 rings (SSSR count). The van der Waals surface area contributed by atoms with Crippen LogP contribution in [0.3, 0.4) is 0 Å². The van der Waals surface area contributed by atoms with Crippen molar-refractivity contribution >= 4 is 33.0 Å². The first-order chi connectivity index (χ1) is 21.2. The second-order valence-corrected chi connectivity index (χ2v) is 12.7. The van der Waals surface area contributed by atoms with Crippen molar-refractivity contribution in [1.29, 1.82) is 0 Å². The molecule has 224 valence electrons. The first-order valence-electron chi connectivity index (χ1n) is 14.2. The Morgan fingerprint density at radius 3 is 2.34 bits per heavy atom. The van der Waals surface area contributed by atoms with Crippen molar-refractivity contribution < 1.29 is 22.0 Å². The highest BCUT2D eigenvalue weighted by molar-refractivity contribution is 7.92. The third-order valence-electron chi connectivity index (χ3n) is 8.09. The van der Waals surface area contributed by atoms with E-state index in [0.717, 1.165) is 45.2 Å². The summed E-state index contributed by atoms with van der Waals surface area (Å²) in [5, 5.41) is 7.91. The molecule has 0 bridgehead atoms. The summed E-state index contributed by atoms with van der Waals surface area (Å²) in [6.07, 6.45) is 5.27. The van der Waals surface area contributed by atoms with Gasteiger partial charge in [0, 0.05) is 11.6 Å². The summed E-state index contributed by atoms with van der Waals surface area (Å²) >= 11 is 0. The van der Waals surface area contributed by atoms with Crippen molar-refractivity contribution in [3.63, 3.8) is 0 Å². The van der Waals surface area contributed by atoms with Gasteiger partial charge in [-0.1, -0.05) is 48.6 Å². The van der Waals surface area contributed by atoms with Gasteiger partial charge >= 0.3 is 0 Å². The first kappa shape index (κ1) is 29.3. The second kappa shape index (κ2) is 12.0. The summed E-state index contributed by atoms with van der Waals surface area (Å²) < 4.78 is 55.0. The summed E-state index contributed by atoms with van der Waals surface area (Å²) in [7, 11) is -4.13. The molecule has 7 nitrogen and oxygen atoms in total. The number of hydrazone groups is 1. The molecule has 2 N–H and O–H groups in total. The molecule has 10 heteroatoms. The number of nitrogens with zero attached hydrogens (tertiary/aromatic N) is 2. The van der Waals surface area contributed by atoms with Gasteiger partial charge in [0.1, 0.15) is 18.2 Å². The van der Waals surface area contributed by atoms with E-state index < -0.39 is 28.3 Å². The number of sulfonamides is 1. The molecule has 3 atom stereocenters. The molecule has 1 aliphatic carbocycles. The molecular formula is C34H30F2N4O3S. The largest absolute Gasteiger partial charge is 0.378 e. The van der Waals surface area contributed by atoms with E-state index in [-0.39, 0.29) is 34.3 Å². The average Bonchev–Trinajstić information content (AvgIpc) is 3.54. The Hall–Kier alpha value is -4.83. The lowest BCUT2D eigenvalue weighted by Gasteiger charge is -2.37. The number of anilines is 2. The highest BCUT2D eigenvalue weighted by atomic mass is 32.2. The highest BCUT2D eigenvalue weighted by Crippen LogP contribution is 2.50. The summed E-state index contributed by atoms with van der Waals surface area (Å²) in [5.74, 6) is -1.02. The number of carbonyl (C=O) groups is 1. The Labute approximate surface area is 255 Å². The molecule has 0 saturated heterocycles. The third-order valence-corrected chi connectivity index (χ3v) is 9.88. The zero-order chi connectivity index (χ0) is 30.8. The quantitative estimate of drug-likeness (QED) is 0.135. The minimum atomic E-state index is -4.13. The van der Waals surface area contributed by atoms with Gasteiger partial charge in [-0.25, -0.2) is 22.6 Å². The highest BCUT2D eigenvalue weighted by Gasteiger charge is 2.38.